The molecule has 1 nitrogen and oxygen atoms in total. The first-order valence-corrected chi connectivity index (χ1v) is 6.59. The molecule has 2 aromatic carbocycles. The first-order chi connectivity index (χ1) is 7.50. The summed E-state index contributed by atoms with van der Waals surface area (Å²) in [6, 6.07) is 8.30. The molecule has 0 fully saturated rings. The van der Waals surface area contributed by atoms with Crippen LogP contribution in [0.1, 0.15) is 16.7 Å². The predicted molar refractivity (Wildman–Crippen MR) is 73.8 cm³/mol. The molecular weight excluding hydrogens is 216 g/mol. The van der Waals surface area contributed by atoms with Crippen molar-refractivity contribution in [2.24, 2.45) is 0 Å². The van der Waals surface area contributed by atoms with E-state index in [1.54, 1.807) is 0 Å². The Labute approximate surface area is 98.9 Å². The van der Waals surface area contributed by atoms with Crippen LogP contribution in [0.4, 0.5) is 0 Å². The third-order valence-electron chi connectivity index (χ3n) is 3.09. The van der Waals surface area contributed by atoms with Crippen LogP contribution in [0.15, 0.2) is 29.2 Å². The zero-order valence-electron chi connectivity index (χ0n) is 9.87. The highest BCUT2D eigenvalue weighted by Gasteiger charge is 2.06. The molecule has 84 valence electrons. The van der Waals surface area contributed by atoms with Gasteiger partial charge in [-0.2, -0.15) is 0 Å². The maximum atomic E-state index is 9.55. The molecule has 2 aromatic rings. The van der Waals surface area contributed by atoms with Gasteiger partial charge in [0.25, 0.3) is 0 Å². The molecular formula is C14H16OS. The SMILES string of the molecule is C=S(O)c1cc(C)c2c(C)c(C)ccc2c1. The van der Waals surface area contributed by atoms with Gasteiger partial charge in [0.05, 0.1) is 0 Å². The van der Waals surface area contributed by atoms with Gasteiger partial charge in [-0.15, -0.1) is 0 Å². The molecule has 1 unspecified atom stereocenters. The zero-order valence-corrected chi connectivity index (χ0v) is 10.7. The number of hydrogen-bond acceptors (Lipinski definition) is 1. The fourth-order valence-corrected chi connectivity index (χ4v) is 2.67. The van der Waals surface area contributed by atoms with E-state index in [1.165, 1.54) is 27.5 Å². The van der Waals surface area contributed by atoms with E-state index in [0.717, 1.165) is 4.90 Å². The molecule has 0 aromatic heterocycles. The largest absolute Gasteiger partial charge is 0.333 e. The first-order valence-electron chi connectivity index (χ1n) is 5.24. The van der Waals surface area contributed by atoms with Crippen molar-refractivity contribution >= 4 is 27.4 Å². The lowest BCUT2D eigenvalue weighted by atomic mass is 9.97. The Balaban J connectivity index is 2.86. The monoisotopic (exact) mass is 232 g/mol. The highest BCUT2D eigenvalue weighted by atomic mass is 32.2. The molecule has 0 saturated heterocycles. The third kappa shape index (κ3) is 1.79. The highest BCUT2D eigenvalue weighted by molar-refractivity contribution is 8.09. The molecule has 0 heterocycles. The second kappa shape index (κ2) is 4.04. The fourth-order valence-electron chi connectivity index (χ4n) is 2.10. The van der Waals surface area contributed by atoms with Gasteiger partial charge in [-0.1, -0.05) is 12.1 Å². The van der Waals surface area contributed by atoms with E-state index in [-0.39, 0.29) is 0 Å². The molecule has 0 saturated carbocycles. The van der Waals surface area contributed by atoms with Crippen LogP contribution in [0.2, 0.25) is 0 Å². The summed E-state index contributed by atoms with van der Waals surface area (Å²) in [4.78, 5) is 0.910. The standard InChI is InChI=1S/C14H16OS/c1-9-5-6-12-8-13(16(4)15)7-10(2)14(12)11(9)3/h5-8,15H,4H2,1-3H3. The minimum absolute atomic E-state index is 0.907. The Morgan fingerprint density at radius 2 is 1.75 bits per heavy atom. The Morgan fingerprint density at radius 3 is 2.38 bits per heavy atom. The smallest absolute Gasteiger partial charge is 0.0273 e. The minimum atomic E-state index is -0.907. The summed E-state index contributed by atoms with van der Waals surface area (Å²) in [5, 5.41) is 2.49. The van der Waals surface area contributed by atoms with E-state index in [4.69, 9.17) is 0 Å². The lowest BCUT2D eigenvalue weighted by Crippen LogP contribution is -1.88. The summed E-state index contributed by atoms with van der Waals surface area (Å²) in [5.41, 5.74) is 3.84. The lowest BCUT2D eigenvalue weighted by Gasteiger charge is -2.11. The highest BCUT2D eigenvalue weighted by Crippen LogP contribution is 2.31. The van der Waals surface area contributed by atoms with E-state index in [2.05, 4.69) is 38.8 Å². The van der Waals surface area contributed by atoms with E-state index in [0.29, 0.717) is 0 Å². The number of hydrogen-bond donors (Lipinski definition) is 1. The van der Waals surface area contributed by atoms with E-state index in [9.17, 15) is 4.55 Å². The van der Waals surface area contributed by atoms with Gasteiger partial charge in [-0.25, -0.2) is 0 Å². The first kappa shape index (κ1) is 11.4. The van der Waals surface area contributed by atoms with Crippen molar-refractivity contribution in [2.45, 2.75) is 25.7 Å². The van der Waals surface area contributed by atoms with Gasteiger partial charge in [0.2, 0.25) is 0 Å². The number of rotatable bonds is 1. The van der Waals surface area contributed by atoms with E-state index < -0.39 is 10.8 Å². The van der Waals surface area contributed by atoms with Crippen molar-refractivity contribution in [3.8, 4) is 0 Å². The van der Waals surface area contributed by atoms with Gasteiger partial charge in [-0.3, -0.25) is 0 Å². The molecule has 16 heavy (non-hydrogen) atoms. The van der Waals surface area contributed by atoms with Gasteiger partial charge < -0.3 is 4.55 Å². The van der Waals surface area contributed by atoms with Gasteiger partial charge >= 0.3 is 0 Å². The predicted octanol–water partition coefficient (Wildman–Crippen LogP) is 4.30. The topological polar surface area (TPSA) is 20.2 Å². The average Bonchev–Trinajstić information content (AvgIpc) is 2.22. The number of benzene rings is 2. The Hall–Kier alpha value is -1.12. The van der Waals surface area contributed by atoms with Gasteiger partial charge in [0, 0.05) is 4.90 Å². The Kier molecular flexibility index (Phi) is 2.87. The molecule has 0 amide bonds. The second-order valence-corrected chi connectivity index (χ2v) is 5.41. The van der Waals surface area contributed by atoms with Crippen molar-refractivity contribution in [2.75, 3.05) is 0 Å². The van der Waals surface area contributed by atoms with Crippen molar-refractivity contribution in [3.05, 3.63) is 41.0 Å². The average molecular weight is 232 g/mol. The Bertz CT molecular complexity index is 585. The maximum Gasteiger partial charge on any atom is 0.0273 e. The normalized spacial score (nSPS) is 13.0. The summed E-state index contributed by atoms with van der Waals surface area (Å²) >= 11 is 0. The molecule has 1 atom stereocenters. The Morgan fingerprint density at radius 1 is 1.06 bits per heavy atom. The molecule has 2 heteroatoms. The van der Waals surface area contributed by atoms with Crippen LogP contribution in [0.5, 0.6) is 0 Å². The number of fused-ring (bicyclic) bond motifs is 1. The fraction of sp³-hybridized carbons (Fsp3) is 0.214. The van der Waals surface area contributed by atoms with Gasteiger partial charge in [0.1, 0.15) is 0 Å². The van der Waals surface area contributed by atoms with Crippen LogP contribution in [-0.4, -0.2) is 10.4 Å². The van der Waals surface area contributed by atoms with Crippen LogP contribution in [0, 0.1) is 20.8 Å². The van der Waals surface area contributed by atoms with Crippen LogP contribution >= 0.6 is 10.8 Å². The van der Waals surface area contributed by atoms with E-state index >= 15 is 0 Å². The summed E-state index contributed by atoms with van der Waals surface area (Å²) in [7, 11) is -0.907. The zero-order chi connectivity index (χ0) is 11.9. The maximum absolute atomic E-state index is 9.55. The molecule has 0 spiro atoms. The summed E-state index contributed by atoms with van der Waals surface area (Å²) < 4.78 is 9.55. The van der Waals surface area contributed by atoms with Gasteiger partial charge in [0.15, 0.2) is 0 Å². The van der Waals surface area contributed by atoms with Crippen molar-refractivity contribution in [1.29, 1.82) is 0 Å². The van der Waals surface area contributed by atoms with Crippen LogP contribution in [0.25, 0.3) is 10.8 Å². The molecule has 1 N–H and O–H groups in total. The molecule has 0 radical (unpaired) electrons. The van der Waals surface area contributed by atoms with Crippen LogP contribution in [-0.2, 0) is 0 Å². The van der Waals surface area contributed by atoms with Crippen molar-refractivity contribution in [1.82, 2.24) is 0 Å². The van der Waals surface area contributed by atoms with Crippen LogP contribution < -0.4 is 0 Å². The summed E-state index contributed by atoms with van der Waals surface area (Å²) in [6.45, 7) is 6.36. The molecule has 0 bridgehead atoms. The second-order valence-electron chi connectivity index (χ2n) is 4.21. The van der Waals surface area contributed by atoms with Gasteiger partial charge in [-0.05, 0) is 77.0 Å². The molecule has 2 rings (SSSR count). The quantitative estimate of drug-likeness (QED) is 0.727. The summed E-state index contributed by atoms with van der Waals surface area (Å²) in [6.07, 6.45) is 0. The summed E-state index contributed by atoms with van der Waals surface area (Å²) in [5.74, 6) is 3.68. The minimum Gasteiger partial charge on any atom is -0.333 e. The van der Waals surface area contributed by atoms with E-state index in [1.807, 2.05) is 12.1 Å². The molecule has 0 aliphatic rings. The third-order valence-corrected chi connectivity index (χ3v) is 3.87. The van der Waals surface area contributed by atoms with Crippen molar-refractivity contribution in [3.63, 3.8) is 0 Å². The van der Waals surface area contributed by atoms with Crippen molar-refractivity contribution < 1.29 is 4.55 Å². The molecule has 0 aliphatic carbocycles. The molecule has 0 aliphatic heterocycles. The van der Waals surface area contributed by atoms with Crippen LogP contribution in [0.3, 0.4) is 0 Å². The lowest BCUT2D eigenvalue weighted by molar-refractivity contribution is 0.661. The number of aryl methyl sites for hydroxylation is 3.